The fraction of sp³-hybridized carbons (Fsp3) is 0.667. The van der Waals surface area contributed by atoms with Crippen LogP contribution in [0.4, 0.5) is 0 Å². The number of amides is 1. The second kappa shape index (κ2) is 9.61. The SMILES string of the molecule is CCCCCCNC(=O)C(I)=C(I)I. The molecule has 5 heteroatoms. The average Bonchev–Trinajstić information content (AvgIpc) is 2.16. The zero-order valence-electron chi connectivity index (χ0n) is 8.08. The Bertz CT molecular complexity index is 212. The highest BCUT2D eigenvalue weighted by molar-refractivity contribution is 14.2. The van der Waals surface area contributed by atoms with Crippen molar-refractivity contribution in [3.8, 4) is 0 Å². The molecule has 0 fully saturated rings. The molecule has 1 N–H and O–H groups in total. The topological polar surface area (TPSA) is 29.1 Å². The molecule has 0 aromatic rings. The minimum absolute atomic E-state index is 0.0564. The molecule has 0 spiro atoms. The van der Waals surface area contributed by atoms with Crippen LogP contribution in [0.1, 0.15) is 32.6 Å². The van der Waals surface area contributed by atoms with E-state index in [4.69, 9.17) is 0 Å². The van der Waals surface area contributed by atoms with E-state index in [1.54, 1.807) is 0 Å². The van der Waals surface area contributed by atoms with Crippen molar-refractivity contribution in [2.75, 3.05) is 6.54 Å². The molecule has 14 heavy (non-hydrogen) atoms. The van der Waals surface area contributed by atoms with Gasteiger partial charge in [-0.05, 0) is 74.2 Å². The van der Waals surface area contributed by atoms with Crippen LogP contribution >= 0.6 is 67.8 Å². The van der Waals surface area contributed by atoms with Crippen molar-refractivity contribution in [2.45, 2.75) is 32.6 Å². The van der Waals surface area contributed by atoms with E-state index in [0.29, 0.717) is 0 Å². The number of carbonyl (C=O) groups is 1. The quantitative estimate of drug-likeness (QED) is 0.311. The third-order valence-electron chi connectivity index (χ3n) is 1.68. The highest BCUT2D eigenvalue weighted by Gasteiger charge is 2.07. The van der Waals surface area contributed by atoms with Crippen LogP contribution in [-0.4, -0.2) is 12.5 Å². The standard InChI is InChI=1S/C9H14I3NO/c1-2-3-4-5-6-13-9(14)7(10)8(11)12/h2-6H2,1H3,(H,13,14). The van der Waals surface area contributed by atoms with Gasteiger partial charge in [-0.1, -0.05) is 26.2 Å². The van der Waals surface area contributed by atoms with Gasteiger partial charge in [-0.3, -0.25) is 4.79 Å². The number of halogens is 3. The zero-order valence-corrected chi connectivity index (χ0v) is 14.6. The van der Waals surface area contributed by atoms with E-state index in [9.17, 15) is 4.79 Å². The molecule has 2 nitrogen and oxygen atoms in total. The summed E-state index contributed by atoms with van der Waals surface area (Å²) >= 11 is 6.39. The van der Waals surface area contributed by atoms with Crippen molar-refractivity contribution in [2.24, 2.45) is 0 Å². The molecular weight excluding hydrogens is 519 g/mol. The van der Waals surface area contributed by atoms with E-state index < -0.39 is 0 Å². The second-order valence-electron chi connectivity index (χ2n) is 2.89. The minimum atomic E-state index is 0.0564. The third kappa shape index (κ3) is 7.66. The number of nitrogens with one attached hydrogen (secondary N) is 1. The summed E-state index contributed by atoms with van der Waals surface area (Å²) < 4.78 is 1.81. The zero-order chi connectivity index (χ0) is 11.0. The first-order chi connectivity index (χ1) is 6.59. The van der Waals surface area contributed by atoms with Gasteiger partial charge in [0.1, 0.15) is 0 Å². The lowest BCUT2D eigenvalue weighted by Crippen LogP contribution is -2.24. The minimum Gasteiger partial charge on any atom is -0.352 e. The average molecular weight is 533 g/mol. The van der Waals surface area contributed by atoms with Crippen molar-refractivity contribution in [1.82, 2.24) is 5.32 Å². The van der Waals surface area contributed by atoms with Crippen LogP contribution in [0.2, 0.25) is 0 Å². The largest absolute Gasteiger partial charge is 0.352 e. The molecule has 0 aliphatic heterocycles. The normalized spacial score (nSPS) is 9.71. The summed E-state index contributed by atoms with van der Waals surface area (Å²) in [4.78, 5) is 11.4. The molecular formula is C9H14I3NO. The predicted octanol–water partition coefficient (Wildman–Crippen LogP) is 4.16. The Labute approximate surface area is 126 Å². The van der Waals surface area contributed by atoms with Crippen molar-refractivity contribution in [3.63, 3.8) is 0 Å². The van der Waals surface area contributed by atoms with Gasteiger partial charge in [0.15, 0.2) is 0 Å². The highest BCUT2D eigenvalue weighted by atomic mass is 127. The van der Waals surface area contributed by atoms with Crippen molar-refractivity contribution < 1.29 is 4.79 Å². The van der Waals surface area contributed by atoms with Gasteiger partial charge < -0.3 is 5.32 Å². The van der Waals surface area contributed by atoms with Crippen LogP contribution in [-0.2, 0) is 4.79 Å². The van der Waals surface area contributed by atoms with Gasteiger partial charge in [0.25, 0.3) is 5.91 Å². The molecule has 82 valence electrons. The molecule has 0 heterocycles. The maximum absolute atomic E-state index is 11.4. The van der Waals surface area contributed by atoms with Crippen molar-refractivity contribution >= 4 is 73.7 Å². The Balaban J connectivity index is 3.60. The molecule has 0 aromatic carbocycles. The van der Waals surface area contributed by atoms with Crippen molar-refractivity contribution in [1.29, 1.82) is 0 Å². The number of unbranched alkanes of at least 4 members (excludes halogenated alkanes) is 3. The van der Waals surface area contributed by atoms with Crippen LogP contribution in [0.15, 0.2) is 5.17 Å². The molecule has 0 aromatic heterocycles. The Hall–Kier alpha value is 1.40. The fourth-order valence-corrected chi connectivity index (χ4v) is 1.60. The summed E-state index contributed by atoms with van der Waals surface area (Å²) in [7, 11) is 0. The number of hydrogen-bond donors (Lipinski definition) is 1. The molecule has 0 atom stereocenters. The van der Waals surface area contributed by atoms with Crippen LogP contribution in [0.5, 0.6) is 0 Å². The monoisotopic (exact) mass is 533 g/mol. The number of hydrogen-bond acceptors (Lipinski definition) is 1. The van der Waals surface area contributed by atoms with E-state index in [1.165, 1.54) is 19.3 Å². The molecule has 1 amide bonds. The molecule has 0 aliphatic rings. The molecule has 0 saturated heterocycles. The Morgan fingerprint density at radius 3 is 2.29 bits per heavy atom. The maximum atomic E-state index is 11.4. The molecule has 0 radical (unpaired) electrons. The summed E-state index contributed by atoms with van der Waals surface area (Å²) in [6.45, 7) is 2.98. The lowest BCUT2D eigenvalue weighted by atomic mass is 10.2. The first-order valence-corrected chi connectivity index (χ1v) is 7.82. The first-order valence-electron chi connectivity index (χ1n) is 4.58. The molecule has 0 unspecified atom stereocenters. The second-order valence-corrected chi connectivity index (χ2v) is 8.19. The summed E-state index contributed by atoms with van der Waals surface area (Å²) in [5, 5.41) is 2.91. The van der Waals surface area contributed by atoms with E-state index in [1.807, 2.05) is 0 Å². The van der Waals surface area contributed by atoms with Gasteiger partial charge in [0.2, 0.25) is 0 Å². The van der Waals surface area contributed by atoms with Crippen LogP contribution in [0.25, 0.3) is 0 Å². The van der Waals surface area contributed by atoms with Crippen LogP contribution < -0.4 is 5.32 Å². The molecule has 0 rings (SSSR count). The van der Waals surface area contributed by atoms with E-state index in [-0.39, 0.29) is 5.91 Å². The van der Waals surface area contributed by atoms with E-state index in [0.717, 1.165) is 18.1 Å². The highest BCUT2D eigenvalue weighted by Crippen LogP contribution is 2.25. The van der Waals surface area contributed by atoms with Gasteiger partial charge in [-0.2, -0.15) is 0 Å². The maximum Gasteiger partial charge on any atom is 0.259 e. The molecule has 0 saturated carbocycles. The van der Waals surface area contributed by atoms with Gasteiger partial charge in [-0.25, -0.2) is 0 Å². The Kier molecular flexibility index (Phi) is 10.6. The van der Waals surface area contributed by atoms with E-state index >= 15 is 0 Å². The van der Waals surface area contributed by atoms with Crippen LogP contribution in [0, 0.1) is 0 Å². The van der Waals surface area contributed by atoms with Gasteiger partial charge in [0.05, 0.1) is 5.17 Å². The Morgan fingerprint density at radius 1 is 1.14 bits per heavy atom. The number of carbonyl (C=O) groups excluding carboxylic acids is 1. The first kappa shape index (κ1) is 15.4. The summed E-state index contributed by atoms with van der Waals surface area (Å²) in [6, 6.07) is 0. The summed E-state index contributed by atoms with van der Waals surface area (Å²) in [5.74, 6) is 0.0564. The van der Waals surface area contributed by atoms with Crippen molar-refractivity contribution in [3.05, 3.63) is 5.17 Å². The smallest absolute Gasteiger partial charge is 0.259 e. The van der Waals surface area contributed by atoms with Gasteiger partial charge in [-0.15, -0.1) is 0 Å². The summed E-state index contributed by atoms with van der Waals surface area (Å²) in [6.07, 6.45) is 4.78. The van der Waals surface area contributed by atoms with Gasteiger partial charge in [0, 0.05) is 6.54 Å². The Morgan fingerprint density at radius 2 is 1.79 bits per heavy atom. The van der Waals surface area contributed by atoms with E-state index in [2.05, 4.69) is 80.0 Å². The number of rotatable bonds is 6. The lowest BCUT2D eigenvalue weighted by molar-refractivity contribution is -0.116. The molecule has 0 aliphatic carbocycles. The lowest BCUT2D eigenvalue weighted by Gasteiger charge is -2.04. The fourth-order valence-electron chi connectivity index (χ4n) is 0.917. The summed E-state index contributed by atoms with van der Waals surface area (Å²) in [5.41, 5.74) is 0. The van der Waals surface area contributed by atoms with Crippen LogP contribution in [0.3, 0.4) is 0 Å². The molecule has 0 bridgehead atoms. The predicted molar refractivity (Wildman–Crippen MR) is 86.2 cm³/mol. The van der Waals surface area contributed by atoms with Gasteiger partial charge >= 0.3 is 0 Å². The third-order valence-corrected chi connectivity index (χ3v) is 5.85.